The van der Waals surface area contributed by atoms with Crippen molar-refractivity contribution < 1.29 is 0 Å². The summed E-state index contributed by atoms with van der Waals surface area (Å²) >= 11 is 5.47. The molecule has 0 saturated carbocycles. The predicted octanol–water partition coefficient (Wildman–Crippen LogP) is 1.09. The molecule has 122 valence electrons. The number of aromatic nitrogens is 2. The second-order valence-corrected chi connectivity index (χ2v) is 5.99. The van der Waals surface area contributed by atoms with E-state index in [1.807, 2.05) is 49.0 Å². The topological polar surface area (TPSA) is 54.2 Å². The molecule has 1 aromatic heterocycles. The van der Waals surface area contributed by atoms with Crippen LogP contribution in [0.5, 0.6) is 0 Å². The fraction of sp³-hybridized carbons (Fsp3) is 0.375. The molecule has 1 fully saturated rings. The Hall–Kier alpha value is -2.12. The molecular weight excluding hydrogens is 310 g/mol. The van der Waals surface area contributed by atoms with Crippen LogP contribution < -0.4 is 16.2 Å². The third-order valence-corrected chi connectivity index (χ3v) is 4.55. The van der Waals surface area contributed by atoms with Gasteiger partial charge < -0.3 is 15.5 Å². The molecule has 0 atom stereocenters. The molecule has 23 heavy (non-hydrogen) atoms. The molecule has 7 heteroatoms. The van der Waals surface area contributed by atoms with Crippen LogP contribution in [0.25, 0.3) is 5.69 Å². The molecule has 1 saturated heterocycles. The van der Waals surface area contributed by atoms with Gasteiger partial charge in [-0.3, -0.25) is 9.48 Å². The van der Waals surface area contributed by atoms with Gasteiger partial charge in [-0.15, -0.1) is 0 Å². The number of piperazine rings is 1. The van der Waals surface area contributed by atoms with Crippen molar-refractivity contribution in [3.8, 4) is 5.69 Å². The zero-order chi connectivity index (χ0) is 16.4. The van der Waals surface area contributed by atoms with E-state index in [1.165, 1.54) is 0 Å². The number of hydrogen-bond acceptors (Lipinski definition) is 3. The molecule has 2 N–H and O–H groups in total. The fourth-order valence-electron chi connectivity index (χ4n) is 2.77. The van der Waals surface area contributed by atoms with Gasteiger partial charge in [0.25, 0.3) is 5.56 Å². The van der Waals surface area contributed by atoms with E-state index in [9.17, 15) is 4.79 Å². The Bertz CT molecular complexity index is 759. The van der Waals surface area contributed by atoms with Crippen molar-refractivity contribution in [2.45, 2.75) is 6.92 Å². The summed E-state index contributed by atoms with van der Waals surface area (Å²) in [6.45, 7) is 5.44. The number of rotatable bonds is 2. The summed E-state index contributed by atoms with van der Waals surface area (Å²) in [4.78, 5) is 14.9. The SMILES string of the molecule is Cc1c(NC(=S)N2CCNCC2)c(=O)n(-c2ccccc2)n1C. The Balaban J connectivity index is 1.92. The lowest BCUT2D eigenvalue weighted by atomic mass is 10.3. The molecule has 6 nitrogen and oxygen atoms in total. The van der Waals surface area contributed by atoms with Crippen LogP contribution >= 0.6 is 12.2 Å². The number of para-hydroxylation sites is 1. The maximum absolute atomic E-state index is 12.8. The minimum Gasteiger partial charge on any atom is -0.346 e. The van der Waals surface area contributed by atoms with Crippen molar-refractivity contribution in [2.24, 2.45) is 7.05 Å². The van der Waals surface area contributed by atoms with Crippen molar-refractivity contribution in [3.05, 3.63) is 46.4 Å². The third-order valence-electron chi connectivity index (χ3n) is 4.19. The summed E-state index contributed by atoms with van der Waals surface area (Å²) < 4.78 is 3.50. The minimum atomic E-state index is -0.0892. The van der Waals surface area contributed by atoms with Gasteiger partial charge in [0.15, 0.2) is 5.11 Å². The van der Waals surface area contributed by atoms with E-state index in [2.05, 4.69) is 15.5 Å². The van der Waals surface area contributed by atoms with Gasteiger partial charge in [0, 0.05) is 33.2 Å². The summed E-state index contributed by atoms with van der Waals surface area (Å²) in [5.74, 6) is 0. The number of nitrogens with one attached hydrogen (secondary N) is 2. The first kappa shape index (κ1) is 15.8. The number of nitrogens with zero attached hydrogens (tertiary/aromatic N) is 3. The van der Waals surface area contributed by atoms with Crippen molar-refractivity contribution in [1.29, 1.82) is 0 Å². The maximum Gasteiger partial charge on any atom is 0.295 e. The summed E-state index contributed by atoms with van der Waals surface area (Å²) in [6.07, 6.45) is 0. The lowest BCUT2D eigenvalue weighted by Gasteiger charge is -2.29. The zero-order valence-corrected chi connectivity index (χ0v) is 14.2. The normalized spacial score (nSPS) is 14.8. The van der Waals surface area contributed by atoms with E-state index in [4.69, 9.17) is 12.2 Å². The highest BCUT2D eigenvalue weighted by Gasteiger charge is 2.19. The highest BCUT2D eigenvalue weighted by Crippen LogP contribution is 2.14. The van der Waals surface area contributed by atoms with Gasteiger partial charge in [-0.25, -0.2) is 4.68 Å². The predicted molar refractivity (Wildman–Crippen MR) is 96.4 cm³/mol. The minimum absolute atomic E-state index is 0.0892. The van der Waals surface area contributed by atoms with Gasteiger partial charge in [0.1, 0.15) is 5.69 Å². The summed E-state index contributed by atoms with van der Waals surface area (Å²) in [6, 6.07) is 9.60. The molecule has 2 heterocycles. The van der Waals surface area contributed by atoms with Gasteiger partial charge in [0.05, 0.1) is 11.4 Å². The van der Waals surface area contributed by atoms with E-state index < -0.39 is 0 Å². The van der Waals surface area contributed by atoms with Crippen LogP contribution in [0.15, 0.2) is 35.1 Å². The van der Waals surface area contributed by atoms with E-state index in [-0.39, 0.29) is 5.56 Å². The highest BCUT2D eigenvalue weighted by molar-refractivity contribution is 7.80. The molecule has 0 amide bonds. The third kappa shape index (κ3) is 3.02. The smallest absolute Gasteiger partial charge is 0.295 e. The van der Waals surface area contributed by atoms with Gasteiger partial charge in [-0.2, -0.15) is 0 Å². The lowest BCUT2D eigenvalue weighted by Crippen LogP contribution is -2.48. The Morgan fingerprint density at radius 1 is 1.22 bits per heavy atom. The average molecular weight is 331 g/mol. The molecule has 2 aromatic rings. The Kier molecular flexibility index (Phi) is 4.49. The van der Waals surface area contributed by atoms with E-state index in [1.54, 1.807) is 4.68 Å². The summed E-state index contributed by atoms with van der Waals surface area (Å²) in [5.41, 5.74) is 2.15. The molecule has 1 aliphatic rings. The van der Waals surface area contributed by atoms with Crippen LogP contribution in [0.4, 0.5) is 5.69 Å². The van der Waals surface area contributed by atoms with Gasteiger partial charge in [-0.05, 0) is 31.3 Å². The number of hydrogen-bond donors (Lipinski definition) is 2. The fourth-order valence-corrected chi connectivity index (χ4v) is 3.05. The zero-order valence-electron chi connectivity index (χ0n) is 13.4. The van der Waals surface area contributed by atoms with Crippen LogP contribution in [0.2, 0.25) is 0 Å². The van der Waals surface area contributed by atoms with Crippen molar-refractivity contribution in [1.82, 2.24) is 19.6 Å². The first-order valence-electron chi connectivity index (χ1n) is 7.70. The largest absolute Gasteiger partial charge is 0.346 e. The van der Waals surface area contributed by atoms with Gasteiger partial charge in [-0.1, -0.05) is 18.2 Å². The van der Waals surface area contributed by atoms with E-state index in [0.29, 0.717) is 10.8 Å². The Labute approximate surface area is 140 Å². The van der Waals surface area contributed by atoms with Crippen LogP contribution in [-0.4, -0.2) is 45.6 Å². The molecule has 0 unspecified atom stereocenters. The Morgan fingerprint density at radius 2 is 1.87 bits per heavy atom. The quantitative estimate of drug-likeness (QED) is 0.807. The maximum atomic E-state index is 12.8. The Morgan fingerprint density at radius 3 is 2.52 bits per heavy atom. The van der Waals surface area contributed by atoms with Crippen LogP contribution in [0, 0.1) is 6.92 Å². The second kappa shape index (κ2) is 6.55. The molecule has 3 rings (SSSR count). The molecule has 1 aromatic carbocycles. The molecule has 0 spiro atoms. The monoisotopic (exact) mass is 331 g/mol. The van der Waals surface area contributed by atoms with Crippen LogP contribution in [0.1, 0.15) is 5.69 Å². The molecular formula is C16H21N5OS. The highest BCUT2D eigenvalue weighted by atomic mass is 32.1. The molecule has 0 radical (unpaired) electrons. The van der Waals surface area contributed by atoms with Gasteiger partial charge in [0.2, 0.25) is 0 Å². The molecule has 1 aliphatic heterocycles. The van der Waals surface area contributed by atoms with Crippen molar-refractivity contribution in [3.63, 3.8) is 0 Å². The van der Waals surface area contributed by atoms with E-state index >= 15 is 0 Å². The van der Waals surface area contributed by atoms with Crippen molar-refractivity contribution in [2.75, 3.05) is 31.5 Å². The first-order chi connectivity index (χ1) is 11.1. The second-order valence-electron chi connectivity index (χ2n) is 5.60. The van der Waals surface area contributed by atoms with Crippen molar-refractivity contribution >= 4 is 23.0 Å². The number of thiocarbonyl (C=S) groups is 1. The number of benzene rings is 1. The van der Waals surface area contributed by atoms with E-state index in [0.717, 1.165) is 37.6 Å². The van der Waals surface area contributed by atoms with Crippen LogP contribution in [0.3, 0.4) is 0 Å². The van der Waals surface area contributed by atoms with Gasteiger partial charge >= 0.3 is 0 Å². The summed E-state index contributed by atoms with van der Waals surface area (Å²) in [5, 5.41) is 7.06. The summed E-state index contributed by atoms with van der Waals surface area (Å²) in [7, 11) is 1.88. The number of anilines is 1. The molecule has 0 aliphatic carbocycles. The lowest BCUT2D eigenvalue weighted by molar-refractivity contribution is 0.362. The molecule has 0 bridgehead atoms. The average Bonchev–Trinajstić information content (AvgIpc) is 2.80. The first-order valence-corrected chi connectivity index (χ1v) is 8.11. The van der Waals surface area contributed by atoms with Crippen LogP contribution in [-0.2, 0) is 7.05 Å². The standard InChI is InChI=1S/C16H21N5OS/c1-12-14(18-16(23)20-10-8-17-9-11-20)15(22)21(19(12)2)13-6-4-3-5-7-13/h3-7,17H,8-11H2,1-2H3,(H,18,23).